The van der Waals surface area contributed by atoms with Gasteiger partial charge in [0.05, 0.1) is 5.56 Å². The van der Waals surface area contributed by atoms with Gasteiger partial charge >= 0.3 is 0 Å². The number of nitriles is 1. The van der Waals surface area contributed by atoms with Crippen LogP contribution >= 0.6 is 0 Å². The van der Waals surface area contributed by atoms with Gasteiger partial charge in [-0.2, -0.15) is 5.26 Å². The molecule has 7 heteroatoms. The number of anilines is 2. The van der Waals surface area contributed by atoms with Crippen LogP contribution < -0.4 is 10.2 Å². The first-order valence-corrected chi connectivity index (χ1v) is 9.63. The van der Waals surface area contributed by atoms with Gasteiger partial charge in [-0.25, -0.2) is 4.98 Å². The second kappa shape index (κ2) is 8.74. The van der Waals surface area contributed by atoms with Gasteiger partial charge in [0.25, 0.3) is 5.91 Å². The van der Waals surface area contributed by atoms with E-state index < -0.39 is 0 Å². The number of pyridine rings is 1. The molecule has 0 radical (unpaired) electrons. The van der Waals surface area contributed by atoms with Crippen LogP contribution in [0.1, 0.15) is 34.3 Å². The Morgan fingerprint density at radius 2 is 1.93 bits per heavy atom. The van der Waals surface area contributed by atoms with Crippen molar-refractivity contribution in [1.29, 1.82) is 5.26 Å². The van der Waals surface area contributed by atoms with Crippen molar-refractivity contribution >= 4 is 23.3 Å². The zero-order chi connectivity index (χ0) is 21.0. The average Bonchev–Trinajstić information content (AvgIpc) is 2.74. The Bertz CT molecular complexity index is 939. The summed E-state index contributed by atoms with van der Waals surface area (Å²) < 4.78 is 0. The first-order valence-electron chi connectivity index (χ1n) is 9.63. The normalized spacial score (nSPS) is 14.2. The van der Waals surface area contributed by atoms with E-state index in [-0.39, 0.29) is 17.7 Å². The van der Waals surface area contributed by atoms with Gasteiger partial charge in [-0.05, 0) is 49.6 Å². The third kappa shape index (κ3) is 4.72. The number of hydrogen-bond donors (Lipinski definition) is 1. The first kappa shape index (κ1) is 20.3. The molecular weight excluding hydrogens is 366 g/mol. The lowest BCUT2D eigenvalue weighted by Gasteiger charge is -2.32. The summed E-state index contributed by atoms with van der Waals surface area (Å²) in [5, 5.41) is 11.9. The molecule has 1 aromatic carbocycles. The number of rotatable bonds is 4. The van der Waals surface area contributed by atoms with Gasteiger partial charge in [0.2, 0.25) is 5.91 Å². The topological polar surface area (TPSA) is 89.3 Å². The van der Waals surface area contributed by atoms with Gasteiger partial charge in [-0.3, -0.25) is 9.59 Å². The molecule has 0 bridgehead atoms. The van der Waals surface area contributed by atoms with Crippen molar-refractivity contribution < 1.29 is 9.59 Å². The largest absolute Gasteiger partial charge is 0.357 e. The summed E-state index contributed by atoms with van der Waals surface area (Å²) in [4.78, 5) is 33.0. The average molecular weight is 391 g/mol. The number of piperidine rings is 1. The van der Waals surface area contributed by atoms with Crippen molar-refractivity contribution in [2.45, 2.75) is 19.8 Å². The van der Waals surface area contributed by atoms with Gasteiger partial charge < -0.3 is 15.1 Å². The Morgan fingerprint density at radius 3 is 2.52 bits per heavy atom. The Morgan fingerprint density at radius 1 is 1.21 bits per heavy atom. The second-order valence-corrected chi connectivity index (χ2v) is 7.50. The Balaban J connectivity index is 1.62. The molecule has 2 heterocycles. The highest BCUT2D eigenvalue weighted by Gasteiger charge is 2.26. The summed E-state index contributed by atoms with van der Waals surface area (Å²) in [6.45, 7) is 3.38. The summed E-state index contributed by atoms with van der Waals surface area (Å²) >= 11 is 0. The van der Waals surface area contributed by atoms with E-state index in [1.807, 2.05) is 19.1 Å². The molecule has 1 aromatic heterocycles. The van der Waals surface area contributed by atoms with Gasteiger partial charge in [0.1, 0.15) is 11.9 Å². The smallest absolute Gasteiger partial charge is 0.253 e. The van der Waals surface area contributed by atoms with Crippen LogP contribution in [-0.4, -0.2) is 48.9 Å². The number of benzene rings is 1. The second-order valence-electron chi connectivity index (χ2n) is 7.50. The van der Waals surface area contributed by atoms with Gasteiger partial charge in [-0.1, -0.05) is 6.07 Å². The number of aryl methyl sites for hydroxylation is 1. The summed E-state index contributed by atoms with van der Waals surface area (Å²) in [5.74, 6) is 0.629. The van der Waals surface area contributed by atoms with Crippen molar-refractivity contribution in [1.82, 2.24) is 9.88 Å². The highest BCUT2D eigenvalue weighted by atomic mass is 16.2. The molecule has 29 heavy (non-hydrogen) atoms. The quantitative estimate of drug-likeness (QED) is 0.866. The van der Waals surface area contributed by atoms with Crippen LogP contribution in [0, 0.1) is 24.2 Å². The molecule has 0 saturated carbocycles. The van der Waals surface area contributed by atoms with E-state index in [1.54, 1.807) is 38.5 Å². The summed E-state index contributed by atoms with van der Waals surface area (Å²) in [7, 11) is 3.41. The molecule has 150 valence electrons. The summed E-state index contributed by atoms with van der Waals surface area (Å²) in [5.41, 5.74) is 2.69. The molecule has 2 amide bonds. The molecule has 0 unspecified atom stereocenters. The number of nitrogens with one attached hydrogen (secondary N) is 1. The van der Waals surface area contributed by atoms with Crippen LogP contribution in [-0.2, 0) is 4.79 Å². The van der Waals surface area contributed by atoms with E-state index >= 15 is 0 Å². The third-order valence-electron chi connectivity index (χ3n) is 5.22. The maximum atomic E-state index is 12.8. The number of carbonyl (C=O) groups excluding carboxylic acids is 2. The predicted molar refractivity (Wildman–Crippen MR) is 112 cm³/mol. The molecule has 3 rings (SSSR count). The van der Waals surface area contributed by atoms with E-state index in [2.05, 4.69) is 21.3 Å². The lowest BCUT2D eigenvalue weighted by atomic mass is 9.95. The molecule has 7 nitrogen and oxygen atoms in total. The molecule has 1 saturated heterocycles. The van der Waals surface area contributed by atoms with Crippen LogP contribution in [0.4, 0.5) is 11.5 Å². The standard InChI is InChI=1S/C22H25N5O2/c1-15-4-6-18(22(29)26(2)3)12-19(15)25-21(28)17-8-10-27(11-9-17)20-7-5-16(13-23)14-24-20/h4-7,12,14,17H,8-11H2,1-3H3,(H,25,28). The lowest BCUT2D eigenvalue weighted by Crippen LogP contribution is -2.38. The molecule has 1 N–H and O–H groups in total. The maximum Gasteiger partial charge on any atom is 0.253 e. The lowest BCUT2D eigenvalue weighted by molar-refractivity contribution is -0.120. The number of aromatic nitrogens is 1. The number of carbonyl (C=O) groups is 2. The Hall–Kier alpha value is -3.40. The third-order valence-corrected chi connectivity index (χ3v) is 5.22. The van der Waals surface area contributed by atoms with Gasteiger partial charge in [0.15, 0.2) is 0 Å². The highest BCUT2D eigenvalue weighted by molar-refractivity contribution is 5.98. The number of nitrogens with zero attached hydrogens (tertiary/aromatic N) is 4. The monoisotopic (exact) mass is 391 g/mol. The van der Waals surface area contributed by atoms with Crippen molar-refractivity contribution in [2.24, 2.45) is 5.92 Å². The van der Waals surface area contributed by atoms with Crippen LogP contribution in [0.3, 0.4) is 0 Å². The molecule has 0 spiro atoms. The van der Waals surface area contributed by atoms with E-state index in [0.717, 1.165) is 37.3 Å². The molecule has 1 aliphatic rings. The first-order chi connectivity index (χ1) is 13.9. The molecule has 0 atom stereocenters. The fourth-order valence-corrected chi connectivity index (χ4v) is 3.39. The van der Waals surface area contributed by atoms with Gasteiger partial charge in [-0.15, -0.1) is 0 Å². The Kier molecular flexibility index (Phi) is 6.13. The fraction of sp³-hybridized carbons (Fsp3) is 0.364. The van der Waals surface area contributed by atoms with Crippen LogP contribution in [0.2, 0.25) is 0 Å². The van der Waals surface area contributed by atoms with E-state index in [4.69, 9.17) is 5.26 Å². The SMILES string of the molecule is Cc1ccc(C(=O)N(C)C)cc1NC(=O)C1CCN(c2ccc(C#N)cn2)CC1. The molecule has 2 aromatic rings. The minimum atomic E-state index is -0.0938. The maximum absolute atomic E-state index is 12.8. The van der Waals surface area contributed by atoms with Gasteiger partial charge in [0, 0.05) is 50.6 Å². The van der Waals surface area contributed by atoms with Crippen molar-refractivity contribution in [3.63, 3.8) is 0 Å². The molecule has 1 aliphatic heterocycles. The van der Waals surface area contributed by atoms with Crippen LogP contribution in [0.25, 0.3) is 0 Å². The number of amides is 2. The van der Waals surface area contributed by atoms with Crippen LogP contribution in [0.5, 0.6) is 0 Å². The van der Waals surface area contributed by atoms with E-state index in [1.165, 1.54) is 4.90 Å². The van der Waals surface area contributed by atoms with Crippen LogP contribution in [0.15, 0.2) is 36.5 Å². The summed E-state index contributed by atoms with van der Waals surface area (Å²) in [6.07, 6.45) is 3.02. The predicted octanol–water partition coefficient (Wildman–Crippen LogP) is 2.82. The minimum absolute atomic E-state index is 0.0185. The zero-order valence-electron chi connectivity index (χ0n) is 17.0. The molecule has 0 aliphatic carbocycles. The summed E-state index contributed by atoms with van der Waals surface area (Å²) in [6, 6.07) is 11.0. The zero-order valence-corrected chi connectivity index (χ0v) is 17.0. The minimum Gasteiger partial charge on any atom is -0.357 e. The molecular formula is C22H25N5O2. The Labute approximate surface area is 171 Å². The molecule has 1 fully saturated rings. The van der Waals surface area contributed by atoms with Crippen molar-refractivity contribution in [3.8, 4) is 6.07 Å². The van der Waals surface area contributed by atoms with Crippen molar-refractivity contribution in [2.75, 3.05) is 37.4 Å². The fourth-order valence-electron chi connectivity index (χ4n) is 3.39. The highest BCUT2D eigenvalue weighted by Crippen LogP contribution is 2.25. The van der Waals surface area contributed by atoms with E-state index in [0.29, 0.717) is 16.8 Å². The number of hydrogen-bond acceptors (Lipinski definition) is 5. The van der Waals surface area contributed by atoms with Crippen molar-refractivity contribution in [3.05, 3.63) is 53.2 Å². The van der Waals surface area contributed by atoms with E-state index in [9.17, 15) is 9.59 Å².